The van der Waals surface area contributed by atoms with Gasteiger partial charge in [-0.2, -0.15) is 13.2 Å². The Balaban J connectivity index is 1.20. The molecule has 0 atom stereocenters. The minimum Gasteiger partial charge on any atom is -0.493 e. The molecule has 1 aliphatic heterocycles. The van der Waals surface area contributed by atoms with Gasteiger partial charge in [-0.05, 0) is 56.0 Å². The van der Waals surface area contributed by atoms with E-state index in [0.29, 0.717) is 63.4 Å². The average molecular weight is 569 g/mol. The summed E-state index contributed by atoms with van der Waals surface area (Å²) in [6.07, 6.45) is -2.17. The van der Waals surface area contributed by atoms with Crippen LogP contribution in [-0.4, -0.2) is 80.4 Å². The molecule has 13 heteroatoms. The molecule has 0 bridgehead atoms. The fourth-order valence-corrected chi connectivity index (χ4v) is 5.15. The Bertz CT molecular complexity index is 1150. The van der Waals surface area contributed by atoms with Crippen molar-refractivity contribution in [3.63, 3.8) is 0 Å². The van der Waals surface area contributed by atoms with E-state index < -0.39 is 22.7 Å². The van der Waals surface area contributed by atoms with Gasteiger partial charge in [-0.3, -0.25) is 15.2 Å². The highest BCUT2D eigenvalue weighted by molar-refractivity contribution is 5.77. The number of nitrogens with one attached hydrogen (secondary N) is 1. The molecule has 40 heavy (non-hydrogen) atoms. The summed E-state index contributed by atoms with van der Waals surface area (Å²) in [5, 5.41) is 20.7. The molecule has 0 aromatic heterocycles. The first-order valence-corrected chi connectivity index (χ1v) is 13.1. The molecule has 2 fully saturated rings. The minimum absolute atomic E-state index is 0.00561. The number of halogens is 3. The molecular formula is C27H35F3N4O6. The van der Waals surface area contributed by atoms with Crippen LogP contribution in [0.2, 0.25) is 0 Å². The summed E-state index contributed by atoms with van der Waals surface area (Å²) in [6.45, 7) is 2.52. The van der Waals surface area contributed by atoms with E-state index in [1.807, 2.05) is 18.2 Å². The van der Waals surface area contributed by atoms with E-state index in [-0.39, 0.29) is 30.3 Å². The summed E-state index contributed by atoms with van der Waals surface area (Å²) in [4.78, 5) is 16.8. The van der Waals surface area contributed by atoms with Crippen molar-refractivity contribution in [2.75, 3.05) is 62.4 Å². The lowest BCUT2D eigenvalue weighted by Crippen LogP contribution is -2.50. The third kappa shape index (κ3) is 7.20. The van der Waals surface area contributed by atoms with Crippen LogP contribution in [0.15, 0.2) is 36.4 Å². The molecule has 220 valence electrons. The lowest BCUT2D eigenvalue weighted by atomic mass is 9.92. The smallest absolute Gasteiger partial charge is 0.418 e. The van der Waals surface area contributed by atoms with Crippen molar-refractivity contribution < 1.29 is 42.6 Å². The molecule has 10 nitrogen and oxygen atoms in total. The van der Waals surface area contributed by atoms with Crippen LogP contribution in [0, 0.1) is 0 Å². The minimum atomic E-state index is -4.75. The van der Waals surface area contributed by atoms with Crippen molar-refractivity contribution >= 4 is 23.0 Å². The number of alkyl halides is 3. The highest BCUT2D eigenvalue weighted by Crippen LogP contribution is 2.38. The standard InChI is InChI=1S/C27H35F3N4O6/c1-38-24-10-6-20(16-25(24)39-2)32-11-13-33(14-12-32)26(35)17-40-21-7-3-18(4-8-21)31-19-5-9-23(34(36)37)22(15-19)27(28,29)30/h5-6,9-10,15-16,18,21,31,36-37H,3-4,7-8,11-14,17H2,1-2H3. The Hall–Kier alpha value is -3.42. The van der Waals surface area contributed by atoms with Crippen LogP contribution in [-0.2, 0) is 15.7 Å². The monoisotopic (exact) mass is 568 g/mol. The van der Waals surface area contributed by atoms with E-state index in [4.69, 9.17) is 24.6 Å². The van der Waals surface area contributed by atoms with Gasteiger partial charge in [0.2, 0.25) is 5.91 Å². The van der Waals surface area contributed by atoms with Crippen molar-refractivity contribution in [1.82, 2.24) is 4.90 Å². The zero-order valence-electron chi connectivity index (χ0n) is 22.5. The number of carbonyl (C=O) groups is 1. The maximum absolute atomic E-state index is 13.3. The van der Waals surface area contributed by atoms with Gasteiger partial charge in [0.15, 0.2) is 11.5 Å². The Morgan fingerprint density at radius 3 is 2.25 bits per heavy atom. The van der Waals surface area contributed by atoms with Crippen LogP contribution in [0.5, 0.6) is 11.5 Å². The summed E-state index contributed by atoms with van der Waals surface area (Å²) >= 11 is 0. The maximum atomic E-state index is 13.3. The van der Waals surface area contributed by atoms with Gasteiger partial charge in [0.25, 0.3) is 0 Å². The van der Waals surface area contributed by atoms with Gasteiger partial charge >= 0.3 is 6.18 Å². The fraction of sp³-hybridized carbons (Fsp3) is 0.519. The number of anilines is 3. The number of rotatable bonds is 9. The molecule has 2 aromatic rings. The summed E-state index contributed by atoms with van der Waals surface area (Å²) < 4.78 is 56.5. The van der Waals surface area contributed by atoms with Gasteiger partial charge in [0.05, 0.1) is 25.9 Å². The van der Waals surface area contributed by atoms with Gasteiger partial charge < -0.3 is 29.3 Å². The second kappa shape index (κ2) is 12.8. The van der Waals surface area contributed by atoms with E-state index in [1.165, 1.54) is 6.07 Å². The maximum Gasteiger partial charge on any atom is 0.418 e. The summed E-state index contributed by atoms with van der Waals surface area (Å²) in [5.74, 6) is 1.25. The molecule has 3 N–H and O–H groups in total. The van der Waals surface area contributed by atoms with Crippen LogP contribution >= 0.6 is 0 Å². The third-order valence-electron chi connectivity index (χ3n) is 7.37. The van der Waals surface area contributed by atoms with Crippen molar-refractivity contribution in [2.45, 2.75) is 44.0 Å². The van der Waals surface area contributed by atoms with Gasteiger partial charge in [-0.15, -0.1) is 5.23 Å². The second-order valence-electron chi connectivity index (χ2n) is 9.86. The zero-order chi connectivity index (χ0) is 28.9. The molecule has 2 aromatic carbocycles. The molecule has 0 radical (unpaired) electrons. The largest absolute Gasteiger partial charge is 0.493 e. The van der Waals surface area contributed by atoms with Crippen molar-refractivity contribution in [1.29, 1.82) is 0 Å². The molecule has 0 unspecified atom stereocenters. The molecule has 1 saturated heterocycles. The third-order valence-corrected chi connectivity index (χ3v) is 7.37. The summed E-state index contributed by atoms with van der Waals surface area (Å²) in [7, 11) is 3.19. The van der Waals surface area contributed by atoms with Crippen LogP contribution in [0.1, 0.15) is 31.2 Å². The Morgan fingerprint density at radius 2 is 1.65 bits per heavy atom. The highest BCUT2D eigenvalue weighted by atomic mass is 19.4. The lowest BCUT2D eigenvalue weighted by Gasteiger charge is -2.36. The van der Waals surface area contributed by atoms with Crippen molar-refractivity contribution in [2.24, 2.45) is 0 Å². The van der Waals surface area contributed by atoms with Gasteiger partial charge in [-0.25, -0.2) is 0 Å². The predicted molar refractivity (Wildman–Crippen MR) is 141 cm³/mol. The number of methoxy groups -OCH3 is 2. The number of ether oxygens (including phenoxy) is 3. The number of amides is 1. The highest BCUT2D eigenvalue weighted by Gasteiger charge is 2.35. The fourth-order valence-electron chi connectivity index (χ4n) is 5.15. The quantitative estimate of drug-likeness (QED) is 0.380. The van der Waals surface area contributed by atoms with Crippen LogP contribution in [0.3, 0.4) is 0 Å². The Morgan fingerprint density at radius 1 is 0.975 bits per heavy atom. The molecule has 4 rings (SSSR count). The number of benzene rings is 2. The van der Waals surface area contributed by atoms with Crippen molar-refractivity contribution in [3.05, 3.63) is 42.0 Å². The first kappa shape index (κ1) is 29.6. The normalized spacial score (nSPS) is 19.8. The van der Waals surface area contributed by atoms with Crippen LogP contribution in [0.4, 0.5) is 30.2 Å². The SMILES string of the molecule is COc1ccc(N2CCN(C(=O)COC3CCC(Nc4ccc(N(O)O)c(C(F)(F)F)c4)CC3)CC2)cc1OC. The van der Waals surface area contributed by atoms with E-state index in [0.717, 1.165) is 17.8 Å². The molecule has 1 heterocycles. The number of hydrogen-bond donors (Lipinski definition) is 3. The first-order valence-electron chi connectivity index (χ1n) is 13.1. The Kier molecular flexibility index (Phi) is 9.48. The zero-order valence-corrected chi connectivity index (χ0v) is 22.5. The second-order valence-corrected chi connectivity index (χ2v) is 9.86. The number of hydrogen-bond acceptors (Lipinski definition) is 9. The van der Waals surface area contributed by atoms with E-state index in [1.54, 1.807) is 19.1 Å². The Labute approximate surface area is 230 Å². The predicted octanol–water partition coefficient (Wildman–Crippen LogP) is 4.40. The van der Waals surface area contributed by atoms with Gasteiger partial charge in [-0.1, -0.05) is 0 Å². The number of piperazine rings is 1. The first-order chi connectivity index (χ1) is 19.1. The molecule has 2 aliphatic rings. The summed E-state index contributed by atoms with van der Waals surface area (Å²) in [6, 6.07) is 8.92. The van der Waals surface area contributed by atoms with Gasteiger partial charge in [0.1, 0.15) is 12.3 Å². The molecular weight excluding hydrogens is 533 g/mol. The van der Waals surface area contributed by atoms with Crippen molar-refractivity contribution in [3.8, 4) is 11.5 Å². The molecule has 1 saturated carbocycles. The van der Waals surface area contributed by atoms with Gasteiger partial charge in [0, 0.05) is 49.7 Å². The van der Waals surface area contributed by atoms with E-state index in [9.17, 15) is 18.0 Å². The topological polar surface area (TPSA) is 107 Å². The molecule has 1 amide bonds. The summed E-state index contributed by atoms with van der Waals surface area (Å²) in [5.41, 5.74) is -0.657. The van der Waals surface area contributed by atoms with E-state index in [2.05, 4.69) is 10.2 Å². The average Bonchev–Trinajstić information content (AvgIpc) is 2.95. The lowest BCUT2D eigenvalue weighted by molar-refractivity contribution is -0.139. The van der Waals surface area contributed by atoms with Crippen LogP contribution in [0.25, 0.3) is 0 Å². The van der Waals surface area contributed by atoms with E-state index >= 15 is 0 Å². The molecule has 0 spiro atoms. The molecule has 1 aliphatic carbocycles. The number of carbonyl (C=O) groups excluding carboxylic acids is 1. The van der Waals surface area contributed by atoms with Crippen LogP contribution < -0.4 is 24.9 Å². The number of nitrogens with zero attached hydrogens (tertiary/aromatic N) is 3.